The zero-order valence-corrected chi connectivity index (χ0v) is 12.6. The van der Waals surface area contributed by atoms with Gasteiger partial charge in [0.1, 0.15) is 11.5 Å². The molecule has 22 heavy (non-hydrogen) atoms. The lowest BCUT2D eigenvalue weighted by molar-refractivity contribution is 0.262. The number of aryl methyl sites for hydroxylation is 1. The van der Waals surface area contributed by atoms with Crippen LogP contribution in [0.15, 0.2) is 36.4 Å². The van der Waals surface area contributed by atoms with E-state index in [2.05, 4.69) is 10.6 Å². The van der Waals surface area contributed by atoms with Gasteiger partial charge < -0.3 is 20.1 Å². The van der Waals surface area contributed by atoms with Crippen LogP contribution >= 0.6 is 0 Å². The smallest absolute Gasteiger partial charge is 0.323 e. The number of anilines is 2. The summed E-state index contributed by atoms with van der Waals surface area (Å²) in [5.74, 6) is 1.52. The molecule has 1 aliphatic heterocycles. The van der Waals surface area contributed by atoms with E-state index in [1.165, 1.54) is 0 Å². The lowest BCUT2D eigenvalue weighted by Gasteiger charge is -2.12. The van der Waals surface area contributed by atoms with Crippen LogP contribution in [0.3, 0.4) is 0 Å². The maximum atomic E-state index is 12.2. The Morgan fingerprint density at radius 2 is 2.05 bits per heavy atom. The van der Waals surface area contributed by atoms with Gasteiger partial charge in [-0.05, 0) is 48.4 Å². The van der Waals surface area contributed by atoms with Gasteiger partial charge in [0.25, 0.3) is 0 Å². The van der Waals surface area contributed by atoms with Crippen LogP contribution in [0.25, 0.3) is 0 Å². The van der Waals surface area contributed by atoms with Gasteiger partial charge in [-0.1, -0.05) is 6.07 Å². The number of urea groups is 1. The SMILES string of the molecule is COc1ccc(C)cc1NC(=O)Nc1ccc2c(c1)CCO2. The molecule has 0 fully saturated rings. The molecule has 0 bridgehead atoms. The zero-order chi connectivity index (χ0) is 15.5. The number of benzene rings is 2. The highest BCUT2D eigenvalue weighted by Crippen LogP contribution is 2.28. The van der Waals surface area contributed by atoms with Crippen molar-refractivity contribution < 1.29 is 14.3 Å². The number of rotatable bonds is 3. The molecule has 0 radical (unpaired) electrons. The van der Waals surface area contributed by atoms with Gasteiger partial charge in [-0.25, -0.2) is 4.79 Å². The second-order valence-electron chi connectivity index (χ2n) is 5.20. The third-order valence-corrected chi connectivity index (χ3v) is 3.55. The fourth-order valence-electron chi connectivity index (χ4n) is 2.47. The van der Waals surface area contributed by atoms with Crippen LogP contribution in [0.1, 0.15) is 11.1 Å². The summed E-state index contributed by atoms with van der Waals surface area (Å²) in [6, 6.07) is 11.0. The number of fused-ring (bicyclic) bond motifs is 1. The summed E-state index contributed by atoms with van der Waals surface area (Å²) in [6.07, 6.45) is 0.873. The summed E-state index contributed by atoms with van der Waals surface area (Å²) in [6.45, 7) is 2.66. The van der Waals surface area contributed by atoms with Crippen molar-refractivity contribution in [3.8, 4) is 11.5 Å². The predicted octanol–water partition coefficient (Wildman–Crippen LogP) is 3.58. The van der Waals surface area contributed by atoms with Gasteiger partial charge in [-0.15, -0.1) is 0 Å². The van der Waals surface area contributed by atoms with Gasteiger partial charge in [0, 0.05) is 12.1 Å². The summed E-state index contributed by atoms with van der Waals surface area (Å²) < 4.78 is 10.7. The molecule has 0 aromatic heterocycles. The molecule has 1 heterocycles. The van der Waals surface area contributed by atoms with E-state index in [9.17, 15) is 4.79 Å². The molecule has 1 aliphatic rings. The molecule has 0 unspecified atom stereocenters. The average molecular weight is 298 g/mol. The fraction of sp³-hybridized carbons (Fsp3) is 0.235. The van der Waals surface area contributed by atoms with Gasteiger partial charge in [-0.2, -0.15) is 0 Å². The van der Waals surface area contributed by atoms with Crippen LogP contribution in [-0.4, -0.2) is 19.7 Å². The standard InChI is InChI=1S/C17H18N2O3/c1-11-3-5-16(21-2)14(9-11)19-17(20)18-13-4-6-15-12(10-13)7-8-22-15/h3-6,9-10H,7-8H2,1-2H3,(H2,18,19,20). The number of carbonyl (C=O) groups is 1. The third-order valence-electron chi connectivity index (χ3n) is 3.55. The van der Waals surface area contributed by atoms with Crippen LogP contribution < -0.4 is 20.1 Å². The number of nitrogens with one attached hydrogen (secondary N) is 2. The van der Waals surface area contributed by atoms with Crippen molar-refractivity contribution >= 4 is 17.4 Å². The van der Waals surface area contributed by atoms with Crippen molar-refractivity contribution in [1.29, 1.82) is 0 Å². The van der Waals surface area contributed by atoms with E-state index in [-0.39, 0.29) is 6.03 Å². The van der Waals surface area contributed by atoms with E-state index >= 15 is 0 Å². The van der Waals surface area contributed by atoms with E-state index in [1.54, 1.807) is 7.11 Å². The maximum Gasteiger partial charge on any atom is 0.323 e. The lowest BCUT2D eigenvalue weighted by Crippen LogP contribution is -2.20. The molecule has 2 aromatic rings. The Balaban J connectivity index is 1.71. The third kappa shape index (κ3) is 2.98. The molecule has 114 valence electrons. The van der Waals surface area contributed by atoms with E-state index in [0.29, 0.717) is 18.0 Å². The minimum Gasteiger partial charge on any atom is -0.495 e. The highest BCUT2D eigenvalue weighted by Gasteiger charge is 2.13. The number of methoxy groups -OCH3 is 1. The quantitative estimate of drug-likeness (QED) is 0.910. The van der Waals surface area contributed by atoms with Crippen LogP contribution in [0.5, 0.6) is 11.5 Å². The number of carbonyl (C=O) groups excluding carboxylic acids is 1. The first kappa shape index (κ1) is 14.3. The van der Waals surface area contributed by atoms with Crippen LogP contribution in [-0.2, 0) is 6.42 Å². The Bertz CT molecular complexity index is 713. The molecule has 5 heteroatoms. The monoisotopic (exact) mass is 298 g/mol. The highest BCUT2D eigenvalue weighted by atomic mass is 16.5. The van der Waals surface area contributed by atoms with Gasteiger partial charge in [0.15, 0.2) is 0 Å². The van der Waals surface area contributed by atoms with E-state index in [4.69, 9.17) is 9.47 Å². The van der Waals surface area contributed by atoms with Gasteiger partial charge in [0.2, 0.25) is 0 Å². The molecule has 2 amide bonds. The zero-order valence-electron chi connectivity index (χ0n) is 12.6. The predicted molar refractivity (Wildman–Crippen MR) is 86.0 cm³/mol. The summed E-state index contributed by atoms with van der Waals surface area (Å²) in [7, 11) is 1.58. The summed E-state index contributed by atoms with van der Waals surface area (Å²) in [4.78, 5) is 12.2. The fourth-order valence-corrected chi connectivity index (χ4v) is 2.47. The lowest BCUT2D eigenvalue weighted by atomic mass is 10.1. The normalized spacial score (nSPS) is 12.3. The van der Waals surface area contributed by atoms with Gasteiger partial charge in [-0.3, -0.25) is 0 Å². The number of hydrogen-bond donors (Lipinski definition) is 2. The number of ether oxygens (including phenoxy) is 2. The van der Waals surface area contributed by atoms with Crippen molar-refractivity contribution in [3.63, 3.8) is 0 Å². The number of amides is 2. The first-order valence-corrected chi connectivity index (χ1v) is 7.14. The Labute approximate surface area is 129 Å². The van der Waals surface area contributed by atoms with E-state index in [1.807, 2.05) is 43.3 Å². The van der Waals surface area contributed by atoms with Crippen LogP contribution in [0.4, 0.5) is 16.2 Å². The molecule has 3 rings (SSSR count). The average Bonchev–Trinajstić information content (AvgIpc) is 2.95. The van der Waals surface area contributed by atoms with Gasteiger partial charge >= 0.3 is 6.03 Å². The molecule has 5 nitrogen and oxygen atoms in total. The van der Waals surface area contributed by atoms with Crippen molar-refractivity contribution in [2.45, 2.75) is 13.3 Å². The second-order valence-corrected chi connectivity index (χ2v) is 5.20. The molecule has 0 atom stereocenters. The summed E-state index contributed by atoms with van der Waals surface area (Å²) in [5.41, 5.74) is 3.55. The first-order valence-electron chi connectivity index (χ1n) is 7.14. The largest absolute Gasteiger partial charge is 0.495 e. The Morgan fingerprint density at radius 3 is 2.86 bits per heavy atom. The molecular formula is C17H18N2O3. The Morgan fingerprint density at radius 1 is 1.18 bits per heavy atom. The van der Waals surface area contributed by atoms with Crippen LogP contribution in [0.2, 0.25) is 0 Å². The highest BCUT2D eigenvalue weighted by molar-refractivity contribution is 6.00. The minimum atomic E-state index is -0.303. The molecule has 0 aliphatic carbocycles. The van der Waals surface area contributed by atoms with Crippen molar-refractivity contribution in [1.82, 2.24) is 0 Å². The van der Waals surface area contributed by atoms with Crippen molar-refractivity contribution in [2.24, 2.45) is 0 Å². The van der Waals surface area contributed by atoms with Crippen LogP contribution in [0, 0.1) is 6.92 Å². The molecular weight excluding hydrogens is 280 g/mol. The number of hydrogen-bond acceptors (Lipinski definition) is 3. The van der Waals surface area contributed by atoms with Crippen molar-refractivity contribution in [2.75, 3.05) is 24.4 Å². The molecule has 0 saturated carbocycles. The van der Waals surface area contributed by atoms with E-state index < -0.39 is 0 Å². The molecule has 0 saturated heterocycles. The Hall–Kier alpha value is -2.69. The molecule has 2 aromatic carbocycles. The van der Waals surface area contributed by atoms with Crippen molar-refractivity contribution in [3.05, 3.63) is 47.5 Å². The van der Waals surface area contributed by atoms with E-state index in [0.717, 1.165) is 29.0 Å². The summed E-state index contributed by atoms with van der Waals surface area (Å²) >= 11 is 0. The second kappa shape index (κ2) is 5.97. The topological polar surface area (TPSA) is 59.6 Å². The van der Waals surface area contributed by atoms with Gasteiger partial charge in [0.05, 0.1) is 19.4 Å². The molecule has 2 N–H and O–H groups in total. The Kier molecular flexibility index (Phi) is 3.87. The molecule has 0 spiro atoms. The first-order chi connectivity index (χ1) is 10.7. The maximum absolute atomic E-state index is 12.2. The minimum absolute atomic E-state index is 0.303. The summed E-state index contributed by atoms with van der Waals surface area (Å²) in [5, 5.41) is 5.64.